The number of benzene rings is 2. The molecule has 0 atom stereocenters. The molecular formula is C18H15ClINO4. The minimum absolute atomic E-state index is 0.0131. The van der Waals surface area contributed by atoms with Gasteiger partial charge in [0.05, 0.1) is 6.42 Å². The molecule has 0 unspecified atom stereocenters. The summed E-state index contributed by atoms with van der Waals surface area (Å²) in [4.78, 5) is 35.3. The highest BCUT2D eigenvalue weighted by molar-refractivity contribution is 14.1. The van der Waals surface area contributed by atoms with E-state index in [2.05, 4.69) is 27.9 Å². The van der Waals surface area contributed by atoms with Crippen LogP contribution in [0.5, 0.6) is 0 Å². The molecule has 0 bridgehead atoms. The van der Waals surface area contributed by atoms with E-state index in [0.717, 1.165) is 3.57 Å². The molecule has 1 N–H and O–H groups in total. The van der Waals surface area contributed by atoms with Crippen LogP contribution in [0, 0.1) is 3.57 Å². The highest BCUT2D eigenvalue weighted by Crippen LogP contribution is 2.13. The van der Waals surface area contributed by atoms with Crippen LogP contribution in [0.3, 0.4) is 0 Å². The van der Waals surface area contributed by atoms with Gasteiger partial charge in [0, 0.05) is 26.3 Å². The average Bonchev–Trinajstić information content (AvgIpc) is 2.60. The first-order valence-corrected chi connectivity index (χ1v) is 8.89. The van der Waals surface area contributed by atoms with Crippen molar-refractivity contribution in [2.45, 2.75) is 12.8 Å². The number of amides is 1. The lowest BCUT2D eigenvalue weighted by Crippen LogP contribution is -2.21. The van der Waals surface area contributed by atoms with E-state index in [1.54, 1.807) is 36.4 Å². The predicted octanol–water partition coefficient (Wildman–Crippen LogP) is 4.09. The van der Waals surface area contributed by atoms with Crippen LogP contribution in [0.25, 0.3) is 0 Å². The predicted molar refractivity (Wildman–Crippen MR) is 104 cm³/mol. The summed E-state index contributed by atoms with van der Waals surface area (Å²) >= 11 is 7.92. The number of carbonyl (C=O) groups is 3. The van der Waals surface area contributed by atoms with Gasteiger partial charge in [0.15, 0.2) is 12.4 Å². The molecule has 0 spiro atoms. The van der Waals surface area contributed by atoms with Gasteiger partial charge in [-0.2, -0.15) is 0 Å². The van der Waals surface area contributed by atoms with Gasteiger partial charge in [-0.3, -0.25) is 14.4 Å². The second-order valence-corrected chi connectivity index (χ2v) is 6.83. The van der Waals surface area contributed by atoms with Crippen molar-refractivity contribution in [1.82, 2.24) is 0 Å². The number of ether oxygens (including phenoxy) is 1. The van der Waals surface area contributed by atoms with Crippen molar-refractivity contribution < 1.29 is 19.1 Å². The van der Waals surface area contributed by atoms with Crippen molar-refractivity contribution in [2.24, 2.45) is 0 Å². The third-order valence-electron chi connectivity index (χ3n) is 3.21. The van der Waals surface area contributed by atoms with Crippen molar-refractivity contribution in [1.29, 1.82) is 0 Å². The summed E-state index contributed by atoms with van der Waals surface area (Å²) in [6.45, 7) is -0.389. The molecule has 7 heteroatoms. The van der Waals surface area contributed by atoms with E-state index in [9.17, 15) is 14.4 Å². The van der Waals surface area contributed by atoms with E-state index >= 15 is 0 Å². The van der Waals surface area contributed by atoms with Gasteiger partial charge in [0.2, 0.25) is 0 Å². The van der Waals surface area contributed by atoms with Crippen molar-refractivity contribution in [3.63, 3.8) is 0 Å². The van der Waals surface area contributed by atoms with Crippen LogP contribution >= 0.6 is 34.2 Å². The average molecular weight is 472 g/mol. The number of hydrogen-bond donors (Lipinski definition) is 1. The Bertz CT molecular complexity index is 760. The third kappa shape index (κ3) is 6.83. The SMILES string of the molecule is O=C(COC(=O)CCC(=O)c1ccc(Cl)cc1)Nc1ccc(I)cc1. The van der Waals surface area contributed by atoms with Crippen molar-refractivity contribution in [3.8, 4) is 0 Å². The summed E-state index contributed by atoms with van der Waals surface area (Å²) in [6, 6.07) is 13.6. The van der Waals surface area contributed by atoms with E-state index in [-0.39, 0.29) is 25.2 Å². The highest BCUT2D eigenvalue weighted by atomic mass is 127. The zero-order valence-corrected chi connectivity index (χ0v) is 16.0. The van der Waals surface area contributed by atoms with Crippen LogP contribution in [0.2, 0.25) is 5.02 Å². The second kappa shape index (κ2) is 9.53. The molecule has 0 aliphatic rings. The molecule has 5 nitrogen and oxygen atoms in total. The van der Waals surface area contributed by atoms with Gasteiger partial charge in [-0.05, 0) is 71.1 Å². The largest absolute Gasteiger partial charge is 0.456 e. The lowest BCUT2D eigenvalue weighted by atomic mass is 10.1. The monoisotopic (exact) mass is 471 g/mol. The maximum absolute atomic E-state index is 11.9. The fourth-order valence-electron chi connectivity index (χ4n) is 1.94. The standard InChI is InChI=1S/C18H15ClINO4/c19-13-3-1-12(2-4-13)16(22)9-10-18(24)25-11-17(23)21-15-7-5-14(20)6-8-15/h1-8H,9-11H2,(H,21,23). The van der Waals surface area contributed by atoms with E-state index in [1.165, 1.54) is 0 Å². The fraction of sp³-hybridized carbons (Fsp3) is 0.167. The maximum atomic E-state index is 11.9. The highest BCUT2D eigenvalue weighted by Gasteiger charge is 2.12. The molecule has 0 radical (unpaired) electrons. The van der Waals surface area contributed by atoms with Gasteiger partial charge in [-0.1, -0.05) is 11.6 Å². The summed E-state index contributed by atoms with van der Waals surface area (Å²) in [6.07, 6.45) is -0.0719. The molecule has 1 amide bonds. The maximum Gasteiger partial charge on any atom is 0.306 e. The van der Waals surface area contributed by atoms with Crippen molar-refractivity contribution in [3.05, 3.63) is 62.7 Å². The normalized spacial score (nSPS) is 10.2. The van der Waals surface area contributed by atoms with Crippen LogP contribution in [0.15, 0.2) is 48.5 Å². The third-order valence-corrected chi connectivity index (χ3v) is 4.19. The van der Waals surface area contributed by atoms with Crippen LogP contribution in [-0.2, 0) is 14.3 Å². The number of anilines is 1. The van der Waals surface area contributed by atoms with Crippen molar-refractivity contribution in [2.75, 3.05) is 11.9 Å². The molecule has 2 rings (SSSR count). The minimum Gasteiger partial charge on any atom is -0.456 e. The first-order valence-electron chi connectivity index (χ1n) is 7.44. The molecule has 0 aliphatic carbocycles. The minimum atomic E-state index is -0.597. The number of nitrogens with one attached hydrogen (secondary N) is 1. The van der Waals surface area contributed by atoms with Gasteiger partial charge in [-0.15, -0.1) is 0 Å². The number of rotatable bonds is 7. The molecule has 0 aromatic heterocycles. The molecule has 0 heterocycles. The van der Waals surface area contributed by atoms with E-state index in [4.69, 9.17) is 16.3 Å². The summed E-state index contributed by atoms with van der Waals surface area (Å²) in [5.41, 5.74) is 1.10. The Hall–Kier alpha value is -1.93. The lowest BCUT2D eigenvalue weighted by Gasteiger charge is -2.07. The zero-order chi connectivity index (χ0) is 18.2. The van der Waals surface area contributed by atoms with Gasteiger partial charge >= 0.3 is 5.97 Å². The molecular weight excluding hydrogens is 457 g/mol. The molecule has 2 aromatic carbocycles. The number of Topliss-reactive ketones (excluding diaryl/α,β-unsaturated/α-hetero) is 1. The smallest absolute Gasteiger partial charge is 0.306 e. The summed E-state index contributed by atoms with van der Waals surface area (Å²) in [7, 11) is 0. The molecule has 0 aliphatic heterocycles. The Balaban J connectivity index is 1.71. The first kappa shape index (κ1) is 19.4. The van der Waals surface area contributed by atoms with Gasteiger partial charge in [0.25, 0.3) is 5.91 Å². The zero-order valence-electron chi connectivity index (χ0n) is 13.1. The first-order chi connectivity index (χ1) is 11.9. The lowest BCUT2D eigenvalue weighted by molar-refractivity contribution is -0.147. The Morgan fingerprint density at radius 3 is 2.24 bits per heavy atom. The second-order valence-electron chi connectivity index (χ2n) is 5.15. The van der Waals surface area contributed by atoms with Crippen LogP contribution < -0.4 is 5.32 Å². The van der Waals surface area contributed by atoms with E-state index < -0.39 is 11.9 Å². The topological polar surface area (TPSA) is 72.5 Å². The molecule has 130 valence electrons. The molecule has 0 fully saturated rings. The van der Waals surface area contributed by atoms with Gasteiger partial charge in [0.1, 0.15) is 0 Å². The Labute approximate surface area is 163 Å². The van der Waals surface area contributed by atoms with E-state index in [1.807, 2.05) is 12.1 Å². The Kier molecular flexibility index (Phi) is 7.39. The van der Waals surface area contributed by atoms with Crippen LogP contribution in [0.1, 0.15) is 23.2 Å². The summed E-state index contributed by atoms with van der Waals surface area (Å²) in [5, 5.41) is 3.16. The van der Waals surface area contributed by atoms with Gasteiger partial charge < -0.3 is 10.1 Å². The van der Waals surface area contributed by atoms with E-state index in [0.29, 0.717) is 16.3 Å². The van der Waals surface area contributed by atoms with Crippen molar-refractivity contribution >= 4 is 57.5 Å². The van der Waals surface area contributed by atoms with Gasteiger partial charge in [-0.25, -0.2) is 0 Å². The van der Waals surface area contributed by atoms with Crippen LogP contribution in [0.4, 0.5) is 5.69 Å². The molecule has 25 heavy (non-hydrogen) atoms. The quantitative estimate of drug-likeness (QED) is 0.375. The number of halogens is 2. The Morgan fingerprint density at radius 2 is 1.60 bits per heavy atom. The number of esters is 1. The summed E-state index contributed by atoms with van der Waals surface area (Å²) in [5.74, 6) is -1.21. The summed E-state index contributed by atoms with van der Waals surface area (Å²) < 4.78 is 5.93. The molecule has 0 saturated heterocycles. The molecule has 2 aromatic rings. The number of ketones is 1. The van der Waals surface area contributed by atoms with Crippen LogP contribution in [-0.4, -0.2) is 24.3 Å². The Morgan fingerprint density at radius 1 is 0.960 bits per heavy atom. The number of hydrogen-bond acceptors (Lipinski definition) is 4. The fourth-order valence-corrected chi connectivity index (χ4v) is 2.43. The number of carbonyl (C=O) groups excluding carboxylic acids is 3. The molecule has 0 saturated carbocycles.